The fourth-order valence-corrected chi connectivity index (χ4v) is 9.44. The Hall–Kier alpha value is -1.94. The van der Waals surface area contributed by atoms with Crippen molar-refractivity contribution in [3.05, 3.63) is 0 Å². The first-order valence-electron chi connectivity index (χ1n) is 28.8. The van der Waals surface area contributed by atoms with E-state index < -0.39 is 97.5 Å². The van der Waals surface area contributed by atoms with Crippen molar-refractivity contribution in [2.45, 2.75) is 284 Å². The molecule has 0 aliphatic rings. The fraction of sp³-hybridized carbons (Fsp3) is 0.926. The lowest BCUT2D eigenvalue weighted by atomic mass is 10.0. The van der Waals surface area contributed by atoms with Gasteiger partial charge >= 0.3 is 39.5 Å². The van der Waals surface area contributed by atoms with E-state index in [2.05, 4.69) is 27.7 Å². The van der Waals surface area contributed by atoms with Crippen LogP contribution in [0.4, 0.5) is 0 Å². The molecule has 0 saturated heterocycles. The Morgan fingerprint density at radius 1 is 0.329 bits per heavy atom. The summed E-state index contributed by atoms with van der Waals surface area (Å²) in [6.07, 6.45) is 31.1. The molecule has 432 valence electrons. The largest absolute Gasteiger partial charge is 0.472 e. The number of phosphoric acid groups is 2. The Morgan fingerprint density at radius 2 is 0.548 bits per heavy atom. The average molecular weight is 1090 g/mol. The topological polar surface area (TPSA) is 237 Å². The maximum atomic E-state index is 12.9. The maximum absolute atomic E-state index is 12.9. The Labute approximate surface area is 441 Å². The normalized spacial score (nSPS) is 14.5. The second kappa shape index (κ2) is 49.6. The molecular formula is C54H104O17P2. The molecule has 0 spiro atoms. The second-order valence-electron chi connectivity index (χ2n) is 19.6. The van der Waals surface area contributed by atoms with Crippen LogP contribution >= 0.6 is 15.6 Å². The van der Waals surface area contributed by atoms with Crippen molar-refractivity contribution < 1.29 is 80.2 Å². The average Bonchev–Trinajstić information content (AvgIpc) is 3.36. The molecule has 0 amide bonds. The van der Waals surface area contributed by atoms with E-state index in [9.17, 15) is 43.2 Å². The van der Waals surface area contributed by atoms with Crippen molar-refractivity contribution in [1.82, 2.24) is 0 Å². The van der Waals surface area contributed by atoms with Gasteiger partial charge in [0, 0.05) is 25.7 Å². The van der Waals surface area contributed by atoms with Crippen LogP contribution in [0, 0.1) is 0 Å². The molecule has 73 heavy (non-hydrogen) atoms. The first kappa shape index (κ1) is 71.1. The summed E-state index contributed by atoms with van der Waals surface area (Å²) >= 11 is 0. The van der Waals surface area contributed by atoms with E-state index >= 15 is 0 Å². The van der Waals surface area contributed by atoms with Gasteiger partial charge in [-0.15, -0.1) is 0 Å². The molecule has 0 aromatic heterocycles. The molecule has 3 N–H and O–H groups in total. The first-order chi connectivity index (χ1) is 35.2. The zero-order chi connectivity index (χ0) is 54.1. The van der Waals surface area contributed by atoms with Crippen LogP contribution in [-0.2, 0) is 65.4 Å². The van der Waals surface area contributed by atoms with Gasteiger partial charge < -0.3 is 33.8 Å². The number of hydrogen-bond donors (Lipinski definition) is 3. The second-order valence-corrected chi connectivity index (χ2v) is 22.5. The molecule has 0 aliphatic heterocycles. The predicted octanol–water partition coefficient (Wildman–Crippen LogP) is 14.0. The van der Waals surface area contributed by atoms with Crippen LogP contribution in [0.5, 0.6) is 0 Å². The minimum Gasteiger partial charge on any atom is -0.462 e. The SMILES string of the molecule is CCCCCCCCCCCCCCC(=O)O[C@H](COC(=O)CCCCCCCCCCC)COP(=O)(O)OC[C@@H](O)COP(=O)(O)OC[C@@H](COC(=O)CCCCCCC)OC(=O)CCCCCCCCC. The lowest BCUT2D eigenvalue weighted by Crippen LogP contribution is -2.30. The summed E-state index contributed by atoms with van der Waals surface area (Å²) in [4.78, 5) is 71.3. The Morgan fingerprint density at radius 3 is 0.808 bits per heavy atom. The van der Waals surface area contributed by atoms with E-state index in [4.69, 9.17) is 37.0 Å². The summed E-state index contributed by atoms with van der Waals surface area (Å²) in [6.45, 7) is 4.67. The quantitative estimate of drug-likeness (QED) is 0.0222. The lowest BCUT2D eigenvalue weighted by molar-refractivity contribution is -0.161. The molecule has 0 fully saturated rings. The number of carbonyl (C=O) groups is 4. The fourth-order valence-electron chi connectivity index (χ4n) is 7.87. The number of carbonyl (C=O) groups excluding carboxylic acids is 4. The van der Waals surface area contributed by atoms with Gasteiger partial charge in [0.2, 0.25) is 0 Å². The highest BCUT2D eigenvalue weighted by Crippen LogP contribution is 2.45. The molecule has 0 rings (SSSR count). The Kier molecular flexibility index (Phi) is 48.3. The standard InChI is InChI=1S/C54H104O17P2/c1-5-9-13-17-20-22-23-24-26-29-33-37-41-54(59)71-50(45-65-52(57)39-35-31-28-25-21-18-14-10-6-2)47-69-73(62,63)67-43-48(55)42-66-72(60,61)68-46-49(44-64-51(56)38-34-30-16-12-8-4)70-53(58)40-36-32-27-19-15-11-7-3/h48-50,55H,5-47H2,1-4H3,(H,60,61)(H,62,63)/t48-,49+,50+/m0/s1. The van der Waals surface area contributed by atoms with Crippen LogP contribution in [0.2, 0.25) is 0 Å². The highest BCUT2D eigenvalue weighted by molar-refractivity contribution is 7.47. The van der Waals surface area contributed by atoms with Crippen molar-refractivity contribution in [3.8, 4) is 0 Å². The highest BCUT2D eigenvalue weighted by atomic mass is 31.2. The number of esters is 4. The van der Waals surface area contributed by atoms with Gasteiger partial charge in [0.15, 0.2) is 12.2 Å². The summed E-state index contributed by atoms with van der Waals surface area (Å²) in [5.41, 5.74) is 0. The van der Waals surface area contributed by atoms with Gasteiger partial charge in [-0.25, -0.2) is 9.13 Å². The number of hydrogen-bond acceptors (Lipinski definition) is 15. The number of unbranched alkanes of at least 4 members (excludes halogenated alkanes) is 29. The van der Waals surface area contributed by atoms with Gasteiger partial charge in [0.05, 0.1) is 26.4 Å². The van der Waals surface area contributed by atoms with Crippen LogP contribution in [0.3, 0.4) is 0 Å². The van der Waals surface area contributed by atoms with Gasteiger partial charge in [-0.05, 0) is 25.7 Å². The van der Waals surface area contributed by atoms with E-state index in [1.807, 2.05) is 0 Å². The third kappa shape index (κ3) is 49.4. The summed E-state index contributed by atoms with van der Waals surface area (Å²) in [6, 6.07) is 0. The van der Waals surface area contributed by atoms with Crippen molar-refractivity contribution in [2.75, 3.05) is 39.6 Å². The first-order valence-corrected chi connectivity index (χ1v) is 31.8. The molecule has 0 radical (unpaired) electrons. The number of phosphoric ester groups is 2. The summed E-state index contributed by atoms with van der Waals surface area (Å²) in [7, 11) is -9.85. The third-order valence-corrected chi connectivity index (χ3v) is 14.3. The molecule has 0 heterocycles. The summed E-state index contributed by atoms with van der Waals surface area (Å²) in [5, 5.41) is 10.4. The van der Waals surface area contributed by atoms with Crippen LogP contribution in [0.15, 0.2) is 0 Å². The van der Waals surface area contributed by atoms with Gasteiger partial charge in [0.1, 0.15) is 19.3 Å². The molecule has 0 aromatic carbocycles. The maximum Gasteiger partial charge on any atom is 0.472 e. The van der Waals surface area contributed by atoms with Crippen LogP contribution in [0.25, 0.3) is 0 Å². The number of rotatable bonds is 55. The van der Waals surface area contributed by atoms with Crippen LogP contribution in [-0.4, -0.2) is 96.7 Å². The van der Waals surface area contributed by atoms with Gasteiger partial charge in [0.25, 0.3) is 0 Å². The van der Waals surface area contributed by atoms with Crippen molar-refractivity contribution >= 4 is 39.5 Å². The predicted molar refractivity (Wildman–Crippen MR) is 285 cm³/mol. The van der Waals surface area contributed by atoms with Crippen LogP contribution < -0.4 is 0 Å². The Balaban J connectivity index is 5.16. The van der Waals surface area contributed by atoms with E-state index in [-0.39, 0.29) is 25.7 Å². The summed E-state index contributed by atoms with van der Waals surface area (Å²) in [5.74, 6) is -2.16. The van der Waals surface area contributed by atoms with Gasteiger partial charge in [-0.2, -0.15) is 0 Å². The molecule has 0 saturated carbocycles. The van der Waals surface area contributed by atoms with E-state index in [1.165, 1.54) is 77.0 Å². The molecule has 5 atom stereocenters. The molecule has 17 nitrogen and oxygen atoms in total. The number of aliphatic hydroxyl groups is 1. The molecule has 0 aromatic rings. The highest BCUT2D eigenvalue weighted by Gasteiger charge is 2.30. The van der Waals surface area contributed by atoms with Crippen molar-refractivity contribution in [3.63, 3.8) is 0 Å². The van der Waals surface area contributed by atoms with Gasteiger partial charge in [-0.1, -0.05) is 214 Å². The molecule has 2 unspecified atom stereocenters. The smallest absolute Gasteiger partial charge is 0.462 e. The third-order valence-electron chi connectivity index (χ3n) is 12.4. The molecule has 19 heteroatoms. The zero-order valence-corrected chi connectivity index (χ0v) is 47.9. The number of aliphatic hydroxyl groups excluding tert-OH is 1. The monoisotopic (exact) mass is 1090 g/mol. The van der Waals surface area contributed by atoms with Crippen molar-refractivity contribution in [2.24, 2.45) is 0 Å². The zero-order valence-electron chi connectivity index (χ0n) is 46.1. The Bertz CT molecular complexity index is 1440. The van der Waals surface area contributed by atoms with E-state index in [1.54, 1.807) is 0 Å². The number of ether oxygens (including phenoxy) is 4. The summed E-state index contributed by atoms with van der Waals surface area (Å²) < 4.78 is 67.2. The molecular weight excluding hydrogens is 983 g/mol. The van der Waals surface area contributed by atoms with Crippen LogP contribution in [0.1, 0.15) is 265 Å². The van der Waals surface area contributed by atoms with E-state index in [0.29, 0.717) is 25.7 Å². The minimum absolute atomic E-state index is 0.103. The van der Waals surface area contributed by atoms with E-state index in [0.717, 1.165) is 109 Å². The molecule has 0 bridgehead atoms. The lowest BCUT2D eigenvalue weighted by Gasteiger charge is -2.21. The van der Waals surface area contributed by atoms with Crippen molar-refractivity contribution in [1.29, 1.82) is 0 Å². The van der Waals surface area contributed by atoms with Gasteiger partial charge in [-0.3, -0.25) is 37.3 Å². The minimum atomic E-state index is -4.93. The molecule has 0 aliphatic carbocycles.